The van der Waals surface area contributed by atoms with Crippen LogP contribution in [0.2, 0.25) is 0 Å². The number of amides is 10. The number of urea groups is 1. The lowest BCUT2D eigenvalue weighted by molar-refractivity contribution is -0.247. The van der Waals surface area contributed by atoms with Crippen molar-refractivity contribution in [1.29, 1.82) is 0 Å². The number of ether oxygens (including phenoxy) is 2. The minimum Gasteiger partial charge on any atom is -0.481 e. The van der Waals surface area contributed by atoms with Gasteiger partial charge in [-0.1, -0.05) is 81.9 Å². The van der Waals surface area contributed by atoms with Gasteiger partial charge >= 0.3 is 30.0 Å². The first-order chi connectivity index (χ1) is 52.4. The Labute approximate surface area is 638 Å². The van der Waals surface area contributed by atoms with Gasteiger partial charge in [-0.2, -0.15) is 5.10 Å². The van der Waals surface area contributed by atoms with E-state index < -0.39 is 121 Å². The fourth-order valence-electron chi connectivity index (χ4n) is 17.4. The summed E-state index contributed by atoms with van der Waals surface area (Å²) in [6.45, 7) is 10.5. The van der Waals surface area contributed by atoms with Gasteiger partial charge < -0.3 is 62.0 Å². The standard InChI is InChI=1S/C78H94N14O17S/c1-46(2)65(87-60(93)18-7-6-10-31-91-61(94)25-26-62(91)95)70(103)84-56(16-12-29-81-72(79)106)68(101)83-50-21-19-48(20-22-50)38-108-74(107)90(33-28-63(96)97)57(35-64(98)99)69(102)80-30-34-109-78-42-75(4)39-76(5,43-78)41-77(40-75,44-78)45-92-47(3)53(36-82-92)51-23-24-59(86-66(51)71(104)105)89-32-27-49-13-11-14-52(54(49)37-89)67(100)88-73-85-55-15-8-9-17-58(55)110-73/h8-9,11,13-15,17,19-26,36,46,56-57,65H,6-7,10,12,16,18,27-35,37-45H2,1-5H3,(H,80,102)(H,83,101)(H,84,103)(H,87,93)(H,96,97)(H,98,99)(H,104,105)(H3,79,81,106)(H,85,88,100)/t56-,57?,65-,75?,76?,77?,78?/m0/s1. The molecule has 6 aromatic rings. The number of fused-ring (bicyclic) bond motifs is 2. The normalized spacial score (nSPS) is 20.3. The number of rotatable bonds is 36. The highest BCUT2D eigenvalue weighted by atomic mass is 32.1. The number of hydrogen-bond acceptors (Lipinski definition) is 19. The highest BCUT2D eigenvalue weighted by Crippen LogP contribution is 2.72. The van der Waals surface area contributed by atoms with Crippen LogP contribution in [0.25, 0.3) is 21.3 Å². The average molecular weight is 1530 g/mol. The number of carbonyl (C=O) groups is 12. The summed E-state index contributed by atoms with van der Waals surface area (Å²) in [5, 5.41) is 52.4. The molecule has 5 atom stereocenters. The maximum Gasteiger partial charge on any atom is 0.410 e. The molecule has 6 aliphatic rings. The van der Waals surface area contributed by atoms with Crippen molar-refractivity contribution in [3.8, 4) is 11.1 Å². The third-order valence-corrected chi connectivity index (χ3v) is 22.2. The van der Waals surface area contributed by atoms with Crippen LogP contribution in [0, 0.1) is 29.1 Å². The molecular formula is C78H94N14O17S. The number of aliphatic carboxylic acids is 2. The maximum atomic E-state index is 14.2. The number of nitrogens with two attached hydrogens (primary N) is 1. The molecular weight excluding hydrogens is 1440 g/mol. The Kier molecular flexibility index (Phi) is 24.8. The molecule has 4 aliphatic carbocycles. The summed E-state index contributed by atoms with van der Waals surface area (Å²) in [4.78, 5) is 169. The number of carboxylic acids is 3. The highest BCUT2D eigenvalue weighted by molar-refractivity contribution is 7.22. The molecule has 10 amide bonds. The summed E-state index contributed by atoms with van der Waals surface area (Å²) in [5.74, 6) is -7.62. The smallest absolute Gasteiger partial charge is 0.410 e. The summed E-state index contributed by atoms with van der Waals surface area (Å²) >= 11 is 1.39. The van der Waals surface area contributed by atoms with Crippen LogP contribution in [0.5, 0.6) is 0 Å². The van der Waals surface area contributed by atoms with E-state index in [0.29, 0.717) is 84.9 Å². The van der Waals surface area contributed by atoms with Crippen LogP contribution in [-0.2, 0) is 73.9 Å². The molecule has 31 nitrogen and oxygen atoms in total. The van der Waals surface area contributed by atoms with Crippen molar-refractivity contribution in [1.82, 2.24) is 50.8 Å². The van der Waals surface area contributed by atoms with E-state index in [1.54, 1.807) is 32.2 Å². The Morgan fingerprint density at radius 2 is 1.47 bits per heavy atom. The SMILES string of the molecule is Cc1c(-c2ccc(N3CCc4cccc(C(=O)Nc5nc6ccccc6s5)c4C3)nc2C(=O)O)cnn1CC12CC3(C)CC(C)(C1)CC(OCCNC(=O)C(CC(=O)O)N(CCC(=O)O)C(=O)OCc1ccc(NC(=O)[C@H](CCCNC(N)=O)NC(=O)[C@@H](NC(=O)CCCCCN4C(=O)C=CC4=O)C(C)C)cc1)(C3)C2. The zero-order chi connectivity index (χ0) is 78.8. The second kappa shape index (κ2) is 34.2. The van der Waals surface area contributed by atoms with Crippen LogP contribution in [0.15, 0.2) is 97.2 Å². The van der Waals surface area contributed by atoms with Crippen molar-refractivity contribution in [3.63, 3.8) is 0 Å². The van der Waals surface area contributed by atoms with Gasteiger partial charge in [-0.25, -0.2) is 24.4 Å². The van der Waals surface area contributed by atoms with Crippen molar-refractivity contribution in [2.75, 3.05) is 54.9 Å². The second-order valence-corrected chi connectivity index (χ2v) is 31.7. The summed E-state index contributed by atoms with van der Waals surface area (Å²) < 4.78 is 15.4. The number of para-hydroxylation sites is 1. The second-order valence-electron chi connectivity index (χ2n) is 30.7. The van der Waals surface area contributed by atoms with Crippen molar-refractivity contribution < 1.29 is 82.3 Å². The third-order valence-electron chi connectivity index (χ3n) is 21.3. The van der Waals surface area contributed by atoms with Gasteiger partial charge in [-0.3, -0.25) is 62.9 Å². The molecule has 584 valence electrons. The van der Waals surface area contributed by atoms with Gasteiger partial charge in [0.25, 0.3) is 17.7 Å². The first-order valence-corrected chi connectivity index (χ1v) is 37.9. The van der Waals surface area contributed by atoms with Gasteiger partial charge in [0.1, 0.15) is 30.6 Å². The van der Waals surface area contributed by atoms with E-state index in [1.807, 2.05) is 59.0 Å². The predicted octanol–water partition coefficient (Wildman–Crippen LogP) is 8.08. The van der Waals surface area contributed by atoms with Gasteiger partial charge in [0.2, 0.25) is 23.6 Å². The van der Waals surface area contributed by atoms with E-state index in [-0.39, 0.29) is 79.0 Å². The molecule has 11 N–H and O–H groups in total. The number of nitrogens with zero attached hydrogens (tertiary/aromatic N) is 7. The van der Waals surface area contributed by atoms with E-state index in [4.69, 9.17) is 25.3 Å². The van der Waals surface area contributed by atoms with E-state index >= 15 is 0 Å². The Morgan fingerprint density at radius 1 is 0.736 bits per heavy atom. The number of unbranched alkanes of at least 4 members (excludes halogenated alkanes) is 2. The van der Waals surface area contributed by atoms with Crippen LogP contribution in [-0.4, -0.2) is 179 Å². The molecule has 4 saturated carbocycles. The van der Waals surface area contributed by atoms with Gasteiger partial charge in [-0.15, -0.1) is 0 Å². The van der Waals surface area contributed by atoms with Crippen molar-refractivity contribution >= 4 is 110 Å². The van der Waals surface area contributed by atoms with Crippen LogP contribution >= 0.6 is 11.3 Å². The summed E-state index contributed by atoms with van der Waals surface area (Å²) in [6, 6.07) is 18.1. The number of primary amides is 1. The minimum atomic E-state index is -1.71. The zero-order valence-electron chi connectivity index (χ0n) is 62.2. The van der Waals surface area contributed by atoms with Gasteiger partial charge in [0, 0.05) is 92.5 Å². The molecule has 3 aromatic carbocycles. The molecule has 32 heteroatoms. The Hall–Kier alpha value is -11.2. The van der Waals surface area contributed by atoms with Crippen LogP contribution in [0.4, 0.5) is 26.2 Å². The quantitative estimate of drug-likeness (QED) is 0.0131. The number of anilines is 3. The van der Waals surface area contributed by atoms with Gasteiger partial charge in [0.15, 0.2) is 10.8 Å². The predicted molar refractivity (Wildman–Crippen MR) is 404 cm³/mol. The monoisotopic (exact) mass is 1530 g/mol. The van der Waals surface area contributed by atoms with Gasteiger partial charge in [0.05, 0.1) is 41.5 Å². The van der Waals surface area contributed by atoms with Crippen LogP contribution < -0.4 is 42.5 Å². The molecule has 5 heterocycles. The number of nitrogens with one attached hydrogen (secondary N) is 6. The number of carbonyl (C=O) groups excluding carboxylic acids is 9. The number of hydrogen-bond donors (Lipinski definition) is 10. The van der Waals surface area contributed by atoms with Crippen LogP contribution in [0.3, 0.4) is 0 Å². The molecule has 4 fully saturated rings. The van der Waals surface area contributed by atoms with E-state index in [2.05, 4.69) is 50.7 Å². The molecule has 0 spiro atoms. The summed E-state index contributed by atoms with van der Waals surface area (Å²) in [5.41, 5.74) is 9.45. The van der Waals surface area contributed by atoms with E-state index in [0.717, 1.165) is 68.9 Å². The number of aromatic nitrogens is 4. The molecule has 0 saturated heterocycles. The maximum absolute atomic E-state index is 14.2. The molecule has 3 aromatic heterocycles. The first-order valence-electron chi connectivity index (χ1n) is 37.0. The Balaban J connectivity index is 0.690. The van der Waals surface area contributed by atoms with Crippen molar-refractivity contribution in [2.24, 2.45) is 27.9 Å². The topological polar surface area (TPSA) is 436 Å². The largest absolute Gasteiger partial charge is 0.481 e. The number of carboxylic acid groups (broad SMARTS) is 3. The fraction of sp³-hybridized carbons (Fsp3) is 0.474. The number of benzene rings is 3. The number of imide groups is 1. The summed E-state index contributed by atoms with van der Waals surface area (Å²) in [7, 11) is 0. The number of thiazole rings is 1. The average Bonchev–Trinajstić information content (AvgIpc) is 0.726. The Morgan fingerprint density at radius 3 is 2.16 bits per heavy atom. The lowest BCUT2D eigenvalue weighted by Crippen LogP contribution is -2.64. The first kappa shape index (κ1) is 79.9. The highest BCUT2D eigenvalue weighted by Gasteiger charge is 2.66. The fourth-order valence-corrected chi connectivity index (χ4v) is 18.3. The zero-order valence-corrected chi connectivity index (χ0v) is 63.0. The number of pyridine rings is 1. The van der Waals surface area contributed by atoms with Crippen molar-refractivity contribution in [2.45, 2.75) is 174 Å². The van der Waals surface area contributed by atoms with E-state index in [1.165, 1.54) is 47.8 Å². The molecule has 3 unspecified atom stereocenters. The van der Waals surface area contributed by atoms with Gasteiger partial charge in [-0.05, 0) is 159 Å². The Bertz CT molecular complexity index is 4510. The lowest BCUT2D eigenvalue weighted by Gasteiger charge is -2.69. The number of aromatic carboxylic acids is 1. The summed E-state index contributed by atoms with van der Waals surface area (Å²) in [6.07, 6.45) is 8.55. The molecule has 2 aliphatic heterocycles. The minimum absolute atomic E-state index is 0.0155. The molecule has 4 bridgehead atoms. The molecule has 0 radical (unpaired) electrons. The molecule has 12 rings (SSSR count). The van der Waals surface area contributed by atoms with Crippen LogP contribution in [0.1, 0.15) is 161 Å². The third kappa shape index (κ3) is 19.5. The van der Waals surface area contributed by atoms with E-state index in [9.17, 15) is 72.9 Å². The lowest BCUT2D eigenvalue weighted by atomic mass is 9.39. The van der Waals surface area contributed by atoms with Crippen molar-refractivity contribution in [3.05, 3.63) is 131 Å². The molecule has 110 heavy (non-hydrogen) atoms.